The molecule has 0 fully saturated rings. The maximum Gasteiger partial charge on any atom is 0.171 e. The van der Waals surface area contributed by atoms with Gasteiger partial charge in [-0.3, -0.25) is 0 Å². The van der Waals surface area contributed by atoms with Crippen LogP contribution in [0.15, 0.2) is 47.4 Å². The van der Waals surface area contributed by atoms with Crippen LogP contribution in [0, 0.1) is 5.82 Å². The van der Waals surface area contributed by atoms with E-state index in [-0.39, 0.29) is 5.02 Å². The summed E-state index contributed by atoms with van der Waals surface area (Å²) >= 11 is 12.6. The standard InChI is InChI=1S/C15H14ClFN2S2/c1-21-12-5-2-10(3-6-12)9-18-15(20)19-11-4-7-14(17)13(16)8-11/h2-8H,9H2,1H3,(H2,18,19,20). The Balaban J connectivity index is 1.87. The van der Waals surface area contributed by atoms with Gasteiger partial charge in [0.2, 0.25) is 0 Å². The lowest BCUT2D eigenvalue weighted by Gasteiger charge is -2.11. The van der Waals surface area contributed by atoms with Crippen molar-refractivity contribution in [1.82, 2.24) is 5.32 Å². The third-order valence-electron chi connectivity index (χ3n) is 2.79. The van der Waals surface area contributed by atoms with Crippen LogP contribution in [0.4, 0.5) is 10.1 Å². The van der Waals surface area contributed by atoms with Crippen molar-refractivity contribution in [2.45, 2.75) is 11.4 Å². The molecular formula is C15H14ClFN2S2. The average Bonchev–Trinajstić information content (AvgIpc) is 2.49. The second-order valence-corrected chi connectivity index (χ2v) is 5.98. The summed E-state index contributed by atoms with van der Waals surface area (Å²) in [6.07, 6.45) is 2.04. The van der Waals surface area contributed by atoms with E-state index in [0.717, 1.165) is 5.56 Å². The average molecular weight is 341 g/mol. The van der Waals surface area contributed by atoms with Gasteiger partial charge in [-0.15, -0.1) is 11.8 Å². The van der Waals surface area contributed by atoms with E-state index in [1.807, 2.05) is 6.26 Å². The van der Waals surface area contributed by atoms with Gasteiger partial charge >= 0.3 is 0 Å². The molecule has 2 N–H and O–H groups in total. The van der Waals surface area contributed by atoms with E-state index in [4.69, 9.17) is 23.8 Å². The van der Waals surface area contributed by atoms with E-state index in [1.165, 1.54) is 17.0 Å². The highest BCUT2D eigenvalue weighted by Crippen LogP contribution is 2.19. The van der Waals surface area contributed by atoms with E-state index in [9.17, 15) is 4.39 Å². The second-order valence-electron chi connectivity index (χ2n) is 4.28. The van der Waals surface area contributed by atoms with Gasteiger partial charge in [0, 0.05) is 17.1 Å². The predicted molar refractivity (Wildman–Crippen MR) is 92.7 cm³/mol. The van der Waals surface area contributed by atoms with Crippen molar-refractivity contribution in [2.24, 2.45) is 0 Å². The minimum absolute atomic E-state index is 0.0652. The molecule has 0 unspecified atom stereocenters. The van der Waals surface area contributed by atoms with Crippen LogP contribution in [0.5, 0.6) is 0 Å². The molecule has 0 bridgehead atoms. The first-order valence-corrected chi connectivity index (χ1v) is 8.22. The minimum Gasteiger partial charge on any atom is -0.358 e. The van der Waals surface area contributed by atoms with Gasteiger partial charge in [-0.25, -0.2) is 4.39 Å². The molecule has 0 radical (unpaired) electrons. The molecule has 0 aliphatic carbocycles. The lowest BCUT2D eigenvalue weighted by molar-refractivity contribution is 0.628. The largest absolute Gasteiger partial charge is 0.358 e. The van der Waals surface area contributed by atoms with Gasteiger partial charge in [0.25, 0.3) is 0 Å². The summed E-state index contributed by atoms with van der Waals surface area (Å²) < 4.78 is 13.1. The number of benzene rings is 2. The van der Waals surface area contributed by atoms with Crippen LogP contribution >= 0.6 is 35.6 Å². The summed E-state index contributed by atoms with van der Waals surface area (Å²) in [6, 6.07) is 12.6. The van der Waals surface area contributed by atoms with Crippen molar-refractivity contribution in [3.63, 3.8) is 0 Å². The SMILES string of the molecule is CSc1ccc(CNC(=S)Nc2ccc(F)c(Cl)c2)cc1. The molecule has 2 aromatic carbocycles. The molecule has 2 aromatic rings. The van der Waals surface area contributed by atoms with Crippen LogP contribution in [-0.2, 0) is 6.54 Å². The summed E-state index contributed by atoms with van der Waals surface area (Å²) in [4.78, 5) is 1.22. The smallest absolute Gasteiger partial charge is 0.171 e. The van der Waals surface area contributed by atoms with E-state index >= 15 is 0 Å². The number of hydrogen-bond acceptors (Lipinski definition) is 2. The maximum atomic E-state index is 13.1. The molecule has 6 heteroatoms. The van der Waals surface area contributed by atoms with Crippen molar-refractivity contribution in [1.29, 1.82) is 0 Å². The van der Waals surface area contributed by atoms with Crippen molar-refractivity contribution >= 4 is 46.4 Å². The van der Waals surface area contributed by atoms with E-state index in [0.29, 0.717) is 17.3 Å². The van der Waals surface area contributed by atoms with Gasteiger partial charge in [-0.05, 0) is 54.4 Å². The Bertz CT molecular complexity index is 632. The molecule has 0 saturated heterocycles. The van der Waals surface area contributed by atoms with Gasteiger partial charge in [0.05, 0.1) is 5.02 Å². The number of thioether (sulfide) groups is 1. The Kier molecular flexibility index (Phi) is 5.85. The number of nitrogens with one attached hydrogen (secondary N) is 2. The Labute approximate surface area is 138 Å². The van der Waals surface area contributed by atoms with E-state index in [1.54, 1.807) is 17.8 Å². The summed E-state index contributed by atoms with van der Waals surface area (Å²) in [5.41, 5.74) is 1.78. The molecular weight excluding hydrogens is 327 g/mol. The maximum absolute atomic E-state index is 13.1. The third-order valence-corrected chi connectivity index (χ3v) is 4.07. The second kappa shape index (κ2) is 7.64. The van der Waals surface area contributed by atoms with Crippen LogP contribution in [0.2, 0.25) is 5.02 Å². The first-order valence-electron chi connectivity index (χ1n) is 6.21. The minimum atomic E-state index is -0.449. The van der Waals surface area contributed by atoms with Crippen molar-refractivity contribution < 1.29 is 4.39 Å². The monoisotopic (exact) mass is 340 g/mol. The Morgan fingerprint density at radius 3 is 2.57 bits per heavy atom. The Morgan fingerprint density at radius 1 is 1.24 bits per heavy atom. The molecule has 0 heterocycles. The van der Waals surface area contributed by atoms with Crippen molar-refractivity contribution in [2.75, 3.05) is 11.6 Å². The van der Waals surface area contributed by atoms with Gasteiger partial charge in [0.15, 0.2) is 5.11 Å². The fourth-order valence-electron chi connectivity index (χ4n) is 1.67. The van der Waals surface area contributed by atoms with Gasteiger partial charge < -0.3 is 10.6 Å². The van der Waals surface area contributed by atoms with Gasteiger partial charge in [0.1, 0.15) is 5.82 Å². The number of hydrogen-bond donors (Lipinski definition) is 2. The molecule has 0 aliphatic heterocycles. The topological polar surface area (TPSA) is 24.1 Å². The highest BCUT2D eigenvalue weighted by Gasteiger charge is 2.03. The summed E-state index contributed by atoms with van der Waals surface area (Å²) in [6.45, 7) is 0.620. The quantitative estimate of drug-likeness (QED) is 0.623. The van der Waals surface area contributed by atoms with Crippen LogP contribution in [0.25, 0.3) is 0 Å². The zero-order valence-corrected chi connectivity index (χ0v) is 13.7. The molecule has 2 rings (SSSR count). The molecule has 0 aromatic heterocycles. The molecule has 0 atom stereocenters. The molecule has 110 valence electrons. The van der Waals surface area contributed by atoms with Crippen molar-refractivity contribution in [3.05, 3.63) is 58.9 Å². The lowest BCUT2D eigenvalue weighted by Crippen LogP contribution is -2.27. The summed E-state index contributed by atoms with van der Waals surface area (Å²) in [5, 5.41) is 6.59. The highest BCUT2D eigenvalue weighted by molar-refractivity contribution is 7.98. The highest BCUT2D eigenvalue weighted by atomic mass is 35.5. The number of rotatable bonds is 4. The Morgan fingerprint density at radius 2 is 1.95 bits per heavy atom. The number of halogens is 2. The Hall–Kier alpha value is -1.30. The molecule has 0 saturated carbocycles. The summed E-state index contributed by atoms with van der Waals surface area (Å²) in [7, 11) is 0. The fourth-order valence-corrected chi connectivity index (χ4v) is 2.45. The summed E-state index contributed by atoms with van der Waals surface area (Å²) in [5.74, 6) is -0.449. The predicted octanol–water partition coefficient (Wildman–Crippen LogP) is 4.69. The van der Waals surface area contributed by atoms with Crippen LogP contribution in [-0.4, -0.2) is 11.4 Å². The van der Waals surface area contributed by atoms with Crippen LogP contribution < -0.4 is 10.6 Å². The van der Waals surface area contributed by atoms with Crippen molar-refractivity contribution in [3.8, 4) is 0 Å². The third kappa shape index (κ3) is 4.88. The molecule has 0 aliphatic rings. The van der Waals surface area contributed by atoms with Gasteiger partial charge in [-0.1, -0.05) is 23.7 Å². The molecule has 21 heavy (non-hydrogen) atoms. The zero-order chi connectivity index (χ0) is 15.2. The van der Waals surface area contributed by atoms with E-state index < -0.39 is 5.82 Å². The number of anilines is 1. The van der Waals surface area contributed by atoms with Gasteiger partial charge in [-0.2, -0.15) is 0 Å². The van der Waals surface area contributed by atoms with E-state index in [2.05, 4.69) is 34.9 Å². The number of thiocarbonyl (C=S) groups is 1. The molecule has 0 amide bonds. The normalized spacial score (nSPS) is 10.2. The first kappa shape index (κ1) is 16.1. The fraction of sp³-hybridized carbons (Fsp3) is 0.133. The zero-order valence-electron chi connectivity index (χ0n) is 11.3. The van der Waals surface area contributed by atoms with Crippen LogP contribution in [0.3, 0.4) is 0 Å². The molecule has 2 nitrogen and oxygen atoms in total. The first-order chi connectivity index (χ1) is 10.1. The van der Waals surface area contributed by atoms with Crippen LogP contribution in [0.1, 0.15) is 5.56 Å². The molecule has 0 spiro atoms. The lowest BCUT2D eigenvalue weighted by atomic mass is 10.2.